The minimum Gasteiger partial charge on any atom is -0.374 e. The molecule has 0 atom stereocenters. The lowest BCUT2D eigenvalue weighted by molar-refractivity contribution is 0.128. The molecule has 3 rings (SSSR count). The number of thiophene rings is 2. The van der Waals surface area contributed by atoms with Crippen molar-refractivity contribution in [2.45, 2.75) is 20.5 Å². The largest absolute Gasteiger partial charge is 0.374 e. The van der Waals surface area contributed by atoms with E-state index >= 15 is 0 Å². The molecule has 3 heterocycles. The quantitative estimate of drug-likeness (QED) is 0.732. The zero-order valence-corrected chi connectivity index (χ0v) is 13.7. The summed E-state index contributed by atoms with van der Waals surface area (Å²) in [6.45, 7) is 6.01. The highest BCUT2D eigenvalue weighted by molar-refractivity contribution is 7.18. The first kappa shape index (κ1) is 14.4. The Morgan fingerprint density at radius 2 is 2.14 bits per heavy atom. The maximum atomic E-state index is 5.43. The summed E-state index contributed by atoms with van der Waals surface area (Å²) in [6.07, 6.45) is 0. The normalized spacial score (nSPS) is 11.1. The number of rotatable bonds is 6. The Labute approximate surface area is 131 Å². The summed E-state index contributed by atoms with van der Waals surface area (Å²) >= 11 is 3.40. The van der Waals surface area contributed by atoms with Gasteiger partial charge in [0.15, 0.2) is 5.82 Å². The molecule has 1 N–H and O–H groups in total. The Morgan fingerprint density at radius 3 is 2.86 bits per heavy atom. The number of aromatic nitrogens is 2. The van der Waals surface area contributed by atoms with Crippen molar-refractivity contribution >= 4 is 38.7 Å². The summed E-state index contributed by atoms with van der Waals surface area (Å²) in [6, 6.07) is 4.21. The SMILES string of the molecule is CCNc1nc(COCC)nc2scc(-c3cccs3)c12. The Hall–Kier alpha value is -1.50. The van der Waals surface area contributed by atoms with Crippen LogP contribution in [-0.4, -0.2) is 23.1 Å². The van der Waals surface area contributed by atoms with E-state index in [9.17, 15) is 0 Å². The first-order valence-electron chi connectivity index (χ1n) is 6.97. The van der Waals surface area contributed by atoms with Gasteiger partial charge in [0, 0.05) is 29.0 Å². The molecule has 6 heteroatoms. The Morgan fingerprint density at radius 1 is 1.24 bits per heavy atom. The van der Waals surface area contributed by atoms with Crippen LogP contribution in [0.3, 0.4) is 0 Å². The molecule has 21 heavy (non-hydrogen) atoms. The van der Waals surface area contributed by atoms with Crippen LogP contribution in [0.25, 0.3) is 20.7 Å². The maximum Gasteiger partial charge on any atom is 0.158 e. The van der Waals surface area contributed by atoms with Crippen LogP contribution in [0, 0.1) is 0 Å². The highest BCUT2D eigenvalue weighted by atomic mass is 32.1. The van der Waals surface area contributed by atoms with Crippen LogP contribution >= 0.6 is 22.7 Å². The van der Waals surface area contributed by atoms with Crippen molar-refractivity contribution in [3.05, 3.63) is 28.7 Å². The minimum absolute atomic E-state index is 0.455. The van der Waals surface area contributed by atoms with Gasteiger partial charge in [-0.05, 0) is 25.3 Å². The van der Waals surface area contributed by atoms with Gasteiger partial charge < -0.3 is 10.1 Å². The predicted molar refractivity (Wildman–Crippen MR) is 90.2 cm³/mol. The van der Waals surface area contributed by atoms with E-state index in [-0.39, 0.29) is 0 Å². The molecule has 0 saturated heterocycles. The molecule has 0 unspecified atom stereocenters. The average molecular weight is 319 g/mol. The number of nitrogens with one attached hydrogen (secondary N) is 1. The fourth-order valence-corrected chi connectivity index (χ4v) is 3.93. The van der Waals surface area contributed by atoms with E-state index in [1.807, 2.05) is 6.92 Å². The van der Waals surface area contributed by atoms with Crippen LogP contribution in [0.2, 0.25) is 0 Å². The third-order valence-corrected chi connectivity index (χ3v) is 4.82. The monoisotopic (exact) mass is 319 g/mol. The zero-order valence-electron chi connectivity index (χ0n) is 12.0. The number of anilines is 1. The van der Waals surface area contributed by atoms with Crippen molar-refractivity contribution in [3.63, 3.8) is 0 Å². The van der Waals surface area contributed by atoms with Gasteiger partial charge in [-0.15, -0.1) is 22.7 Å². The number of nitrogens with zero attached hydrogens (tertiary/aromatic N) is 2. The Kier molecular flexibility index (Phi) is 4.48. The molecule has 4 nitrogen and oxygen atoms in total. The van der Waals surface area contributed by atoms with Crippen molar-refractivity contribution in [2.24, 2.45) is 0 Å². The maximum absolute atomic E-state index is 5.43. The summed E-state index contributed by atoms with van der Waals surface area (Å²) < 4.78 is 5.43. The molecule has 3 aromatic rings. The van der Waals surface area contributed by atoms with Crippen LogP contribution < -0.4 is 5.32 Å². The highest BCUT2D eigenvalue weighted by Crippen LogP contribution is 2.38. The van der Waals surface area contributed by atoms with Crippen LogP contribution in [0.5, 0.6) is 0 Å². The Balaban J connectivity index is 2.11. The second kappa shape index (κ2) is 6.51. The van der Waals surface area contributed by atoms with E-state index in [0.717, 1.165) is 28.4 Å². The molecule has 0 fully saturated rings. The van der Waals surface area contributed by atoms with Crippen LogP contribution in [0.15, 0.2) is 22.9 Å². The van der Waals surface area contributed by atoms with Gasteiger partial charge in [-0.2, -0.15) is 0 Å². The van der Waals surface area contributed by atoms with E-state index in [1.165, 1.54) is 10.4 Å². The first-order chi connectivity index (χ1) is 10.3. The van der Waals surface area contributed by atoms with Gasteiger partial charge in [-0.1, -0.05) is 6.07 Å². The molecule has 110 valence electrons. The van der Waals surface area contributed by atoms with Gasteiger partial charge in [-0.25, -0.2) is 9.97 Å². The average Bonchev–Trinajstić information content (AvgIpc) is 3.14. The predicted octanol–water partition coefficient (Wildman–Crippen LogP) is 4.39. The van der Waals surface area contributed by atoms with Crippen LogP contribution in [-0.2, 0) is 11.3 Å². The van der Waals surface area contributed by atoms with Gasteiger partial charge in [0.1, 0.15) is 17.3 Å². The van der Waals surface area contributed by atoms with E-state index in [1.54, 1.807) is 22.7 Å². The van der Waals surface area contributed by atoms with Crippen LogP contribution in [0.4, 0.5) is 5.82 Å². The standard InChI is InChI=1S/C15H17N3OS2/c1-3-16-14-13-10(11-6-5-7-20-11)9-21-15(13)18-12(17-14)8-19-4-2/h5-7,9H,3-4,8H2,1-2H3,(H,16,17,18). The van der Waals surface area contributed by atoms with Crippen LogP contribution in [0.1, 0.15) is 19.7 Å². The Bertz CT molecular complexity index is 722. The number of hydrogen-bond acceptors (Lipinski definition) is 6. The van der Waals surface area contributed by atoms with Gasteiger partial charge in [0.25, 0.3) is 0 Å². The van der Waals surface area contributed by atoms with Crippen molar-refractivity contribution in [1.29, 1.82) is 0 Å². The second-order valence-corrected chi connectivity index (χ2v) is 6.27. The lowest BCUT2D eigenvalue weighted by atomic mass is 10.2. The summed E-state index contributed by atoms with van der Waals surface area (Å²) in [5.74, 6) is 1.64. The summed E-state index contributed by atoms with van der Waals surface area (Å²) in [5.41, 5.74) is 1.21. The fraction of sp³-hybridized carbons (Fsp3) is 0.333. The minimum atomic E-state index is 0.455. The van der Waals surface area contributed by atoms with Gasteiger partial charge in [0.05, 0.1) is 5.39 Å². The highest BCUT2D eigenvalue weighted by Gasteiger charge is 2.15. The van der Waals surface area contributed by atoms with Crippen molar-refractivity contribution in [3.8, 4) is 10.4 Å². The van der Waals surface area contributed by atoms with E-state index in [0.29, 0.717) is 13.2 Å². The molecule has 0 spiro atoms. The van der Waals surface area contributed by atoms with E-state index < -0.39 is 0 Å². The molecular formula is C15H17N3OS2. The first-order valence-corrected chi connectivity index (χ1v) is 8.73. The molecule has 0 aliphatic rings. The summed E-state index contributed by atoms with van der Waals surface area (Å²) in [4.78, 5) is 11.5. The second-order valence-electron chi connectivity index (χ2n) is 4.46. The molecule has 0 amide bonds. The fourth-order valence-electron chi connectivity index (χ4n) is 2.15. The van der Waals surface area contributed by atoms with E-state index in [2.05, 4.69) is 45.1 Å². The van der Waals surface area contributed by atoms with Gasteiger partial charge in [0.2, 0.25) is 0 Å². The number of hydrogen-bond donors (Lipinski definition) is 1. The molecular weight excluding hydrogens is 302 g/mol. The summed E-state index contributed by atoms with van der Waals surface area (Å²) in [5, 5.41) is 8.73. The van der Waals surface area contributed by atoms with E-state index in [4.69, 9.17) is 4.74 Å². The summed E-state index contributed by atoms with van der Waals surface area (Å²) in [7, 11) is 0. The zero-order chi connectivity index (χ0) is 14.7. The number of fused-ring (bicyclic) bond motifs is 1. The van der Waals surface area contributed by atoms with Crippen molar-refractivity contribution in [1.82, 2.24) is 9.97 Å². The van der Waals surface area contributed by atoms with Crippen molar-refractivity contribution < 1.29 is 4.74 Å². The third-order valence-electron chi connectivity index (χ3n) is 3.05. The third kappa shape index (κ3) is 2.92. The van der Waals surface area contributed by atoms with Gasteiger partial charge in [-0.3, -0.25) is 0 Å². The van der Waals surface area contributed by atoms with Crippen molar-refractivity contribution in [2.75, 3.05) is 18.5 Å². The topological polar surface area (TPSA) is 47.0 Å². The molecule has 3 aromatic heterocycles. The van der Waals surface area contributed by atoms with Gasteiger partial charge >= 0.3 is 0 Å². The molecule has 0 aliphatic carbocycles. The lowest BCUT2D eigenvalue weighted by Gasteiger charge is -2.08. The molecule has 0 aliphatic heterocycles. The molecule has 0 aromatic carbocycles. The molecule has 0 saturated carbocycles. The smallest absolute Gasteiger partial charge is 0.158 e. The number of ether oxygens (including phenoxy) is 1. The lowest BCUT2D eigenvalue weighted by Crippen LogP contribution is -2.05. The molecule has 0 radical (unpaired) electrons. The molecule has 0 bridgehead atoms.